The van der Waals surface area contributed by atoms with Crippen molar-refractivity contribution in [3.63, 3.8) is 0 Å². The van der Waals surface area contributed by atoms with E-state index in [1.807, 2.05) is 13.8 Å². The maximum absolute atomic E-state index is 9.32. The SMILES string of the molecule is CC(C)N=C=O.CC1CCCC(C)C1. The van der Waals surface area contributed by atoms with Crippen molar-refractivity contribution in [2.24, 2.45) is 16.8 Å². The molecule has 0 N–H and O–H groups in total. The van der Waals surface area contributed by atoms with E-state index in [9.17, 15) is 4.79 Å². The Hall–Kier alpha value is -0.620. The Labute approximate surface area is 87.8 Å². The number of nitrogens with zero attached hydrogens (tertiary/aromatic N) is 1. The third-order valence-corrected chi connectivity index (χ3v) is 2.51. The molecule has 1 aliphatic carbocycles. The monoisotopic (exact) mass is 197 g/mol. The van der Waals surface area contributed by atoms with Crippen LogP contribution in [0, 0.1) is 11.8 Å². The molecule has 1 fully saturated rings. The Morgan fingerprint density at radius 3 is 1.86 bits per heavy atom. The summed E-state index contributed by atoms with van der Waals surface area (Å²) in [5.74, 6) is 2.03. The molecule has 1 rings (SSSR count). The summed E-state index contributed by atoms with van der Waals surface area (Å²) in [6, 6.07) is 0.0995. The first-order valence-electron chi connectivity index (χ1n) is 5.63. The van der Waals surface area contributed by atoms with Crippen LogP contribution in [0.5, 0.6) is 0 Å². The summed E-state index contributed by atoms with van der Waals surface area (Å²) in [6.45, 7) is 8.39. The molecular weight excluding hydrogens is 174 g/mol. The fraction of sp³-hybridized carbons (Fsp3) is 0.917. The van der Waals surface area contributed by atoms with Gasteiger partial charge >= 0.3 is 0 Å². The summed E-state index contributed by atoms with van der Waals surface area (Å²) >= 11 is 0. The van der Waals surface area contributed by atoms with Crippen LogP contribution in [-0.4, -0.2) is 12.1 Å². The molecule has 0 aromatic rings. The van der Waals surface area contributed by atoms with Crippen LogP contribution in [0.25, 0.3) is 0 Å². The molecule has 0 aromatic carbocycles. The van der Waals surface area contributed by atoms with Gasteiger partial charge in [-0.15, -0.1) is 0 Å². The van der Waals surface area contributed by atoms with Gasteiger partial charge in [0.05, 0.1) is 6.04 Å². The Morgan fingerprint density at radius 1 is 1.21 bits per heavy atom. The Balaban J connectivity index is 0.000000255. The third-order valence-electron chi connectivity index (χ3n) is 2.51. The van der Waals surface area contributed by atoms with Gasteiger partial charge in [-0.1, -0.05) is 33.1 Å². The van der Waals surface area contributed by atoms with Gasteiger partial charge in [-0.3, -0.25) is 0 Å². The minimum absolute atomic E-state index is 0.0995. The zero-order valence-electron chi connectivity index (χ0n) is 9.92. The molecule has 1 saturated carbocycles. The molecule has 0 bridgehead atoms. The summed E-state index contributed by atoms with van der Waals surface area (Å²) in [6.07, 6.45) is 7.34. The first-order valence-corrected chi connectivity index (χ1v) is 5.63. The van der Waals surface area contributed by atoms with E-state index in [4.69, 9.17) is 0 Å². The van der Waals surface area contributed by atoms with Crippen molar-refractivity contribution in [3.8, 4) is 0 Å². The lowest BCUT2D eigenvalue weighted by Crippen LogP contribution is -2.09. The van der Waals surface area contributed by atoms with E-state index in [1.54, 1.807) is 0 Å². The minimum Gasteiger partial charge on any atom is -0.211 e. The summed E-state index contributed by atoms with van der Waals surface area (Å²) in [4.78, 5) is 12.6. The molecule has 0 saturated heterocycles. The number of aliphatic imine (C=N–C) groups is 1. The van der Waals surface area contributed by atoms with Crippen LogP contribution >= 0.6 is 0 Å². The van der Waals surface area contributed by atoms with Crippen molar-refractivity contribution in [1.29, 1.82) is 0 Å². The second kappa shape index (κ2) is 7.75. The van der Waals surface area contributed by atoms with Crippen LogP contribution in [0.15, 0.2) is 4.99 Å². The van der Waals surface area contributed by atoms with Gasteiger partial charge in [0, 0.05) is 0 Å². The number of rotatable bonds is 1. The van der Waals surface area contributed by atoms with Crippen molar-refractivity contribution in [2.75, 3.05) is 0 Å². The molecule has 2 nitrogen and oxygen atoms in total. The molecule has 0 aliphatic heterocycles. The molecule has 0 radical (unpaired) electrons. The van der Waals surface area contributed by atoms with Gasteiger partial charge in [-0.25, -0.2) is 9.79 Å². The first-order chi connectivity index (χ1) is 6.56. The van der Waals surface area contributed by atoms with Crippen LogP contribution in [0.2, 0.25) is 0 Å². The standard InChI is InChI=1S/C8H16.C4H7NO/c1-7-4-3-5-8(2)6-7;1-4(2)5-3-6/h7-8H,3-6H2,1-2H3;4H,1-2H3. The van der Waals surface area contributed by atoms with Gasteiger partial charge in [0.2, 0.25) is 6.08 Å². The highest BCUT2D eigenvalue weighted by atomic mass is 16.1. The highest BCUT2D eigenvalue weighted by molar-refractivity contribution is 5.33. The second-order valence-corrected chi connectivity index (χ2v) is 4.69. The maximum Gasteiger partial charge on any atom is 0.235 e. The highest BCUT2D eigenvalue weighted by Gasteiger charge is 2.13. The average Bonchev–Trinajstić information content (AvgIpc) is 2.03. The molecule has 2 unspecified atom stereocenters. The third kappa shape index (κ3) is 8.00. The number of isocyanates is 1. The van der Waals surface area contributed by atoms with E-state index in [2.05, 4.69) is 18.8 Å². The Morgan fingerprint density at radius 2 is 1.71 bits per heavy atom. The molecular formula is C12H23NO. The molecule has 1 aliphatic rings. The highest BCUT2D eigenvalue weighted by Crippen LogP contribution is 2.27. The van der Waals surface area contributed by atoms with Crippen LogP contribution in [0.3, 0.4) is 0 Å². The Bertz CT molecular complexity index is 175. The summed E-state index contributed by atoms with van der Waals surface area (Å²) in [7, 11) is 0. The van der Waals surface area contributed by atoms with Gasteiger partial charge < -0.3 is 0 Å². The molecule has 0 heterocycles. The normalized spacial score (nSPS) is 26.1. The van der Waals surface area contributed by atoms with E-state index in [1.165, 1.54) is 31.8 Å². The van der Waals surface area contributed by atoms with Gasteiger partial charge in [-0.2, -0.15) is 0 Å². The lowest BCUT2D eigenvalue weighted by atomic mass is 9.84. The van der Waals surface area contributed by atoms with E-state index in [0.717, 1.165) is 11.8 Å². The zero-order chi connectivity index (χ0) is 11.0. The first kappa shape index (κ1) is 13.4. The molecule has 0 aromatic heterocycles. The van der Waals surface area contributed by atoms with Crippen LogP contribution < -0.4 is 0 Å². The topological polar surface area (TPSA) is 29.4 Å². The lowest BCUT2D eigenvalue weighted by molar-refractivity contribution is 0.301. The zero-order valence-corrected chi connectivity index (χ0v) is 9.92. The van der Waals surface area contributed by atoms with E-state index < -0.39 is 0 Å². The van der Waals surface area contributed by atoms with Crippen molar-refractivity contribution < 1.29 is 4.79 Å². The van der Waals surface area contributed by atoms with Crippen molar-refractivity contribution in [3.05, 3.63) is 0 Å². The van der Waals surface area contributed by atoms with Gasteiger partial charge in [0.25, 0.3) is 0 Å². The fourth-order valence-corrected chi connectivity index (χ4v) is 1.84. The smallest absolute Gasteiger partial charge is 0.211 e. The lowest BCUT2D eigenvalue weighted by Gasteiger charge is -2.22. The van der Waals surface area contributed by atoms with Crippen LogP contribution in [-0.2, 0) is 4.79 Å². The number of hydrogen-bond acceptors (Lipinski definition) is 2. The van der Waals surface area contributed by atoms with Crippen molar-refractivity contribution in [2.45, 2.75) is 59.4 Å². The molecule has 2 atom stereocenters. The second-order valence-electron chi connectivity index (χ2n) is 4.69. The predicted octanol–water partition coefficient (Wildman–Crippen LogP) is 3.56. The van der Waals surface area contributed by atoms with Crippen molar-refractivity contribution in [1.82, 2.24) is 0 Å². The molecule has 2 heteroatoms. The summed E-state index contributed by atoms with van der Waals surface area (Å²) in [5.41, 5.74) is 0. The predicted molar refractivity (Wildman–Crippen MR) is 60.1 cm³/mol. The van der Waals surface area contributed by atoms with E-state index in [0.29, 0.717) is 0 Å². The molecule has 0 amide bonds. The molecule has 0 spiro atoms. The number of carbonyl (C=O) groups excluding carboxylic acids is 1. The Kier molecular flexibility index (Phi) is 7.41. The largest absolute Gasteiger partial charge is 0.235 e. The fourth-order valence-electron chi connectivity index (χ4n) is 1.84. The van der Waals surface area contributed by atoms with Crippen LogP contribution in [0.1, 0.15) is 53.4 Å². The summed E-state index contributed by atoms with van der Waals surface area (Å²) in [5, 5.41) is 0. The number of hydrogen-bond donors (Lipinski definition) is 0. The quantitative estimate of drug-likeness (QED) is 0.467. The van der Waals surface area contributed by atoms with E-state index >= 15 is 0 Å². The van der Waals surface area contributed by atoms with Gasteiger partial charge in [-0.05, 0) is 32.1 Å². The van der Waals surface area contributed by atoms with Crippen molar-refractivity contribution >= 4 is 6.08 Å². The summed E-state index contributed by atoms with van der Waals surface area (Å²) < 4.78 is 0. The average molecular weight is 197 g/mol. The molecule has 14 heavy (non-hydrogen) atoms. The van der Waals surface area contributed by atoms with E-state index in [-0.39, 0.29) is 6.04 Å². The molecule has 82 valence electrons. The maximum atomic E-state index is 9.32. The van der Waals surface area contributed by atoms with Crippen LogP contribution in [0.4, 0.5) is 0 Å². The minimum atomic E-state index is 0.0995. The van der Waals surface area contributed by atoms with Gasteiger partial charge in [0.15, 0.2) is 0 Å². The van der Waals surface area contributed by atoms with Gasteiger partial charge in [0.1, 0.15) is 0 Å².